The van der Waals surface area contributed by atoms with Crippen LogP contribution in [0.3, 0.4) is 0 Å². The molecule has 0 aliphatic rings. The third-order valence-corrected chi connectivity index (χ3v) is 2.55. The van der Waals surface area contributed by atoms with Crippen LogP contribution in [0.25, 0.3) is 0 Å². The van der Waals surface area contributed by atoms with E-state index in [-0.39, 0.29) is 11.3 Å². The molecular formula is C13H18F2N2O. The van der Waals surface area contributed by atoms with E-state index in [1.54, 1.807) is 13.3 Å². The third-order valence-electron chi connectivity index (χ3n) is 2.55. The number of phenolic OH excluding ortho intramolecular Hbond substituents is 1. The second kappa shape index (κ2) is 6.33. The quantitative estimate of drug-likeness (QED) is 0.645. The van der Waals surface area contributed by atoms with Gasteiger partial charge in [0.1, 0.15) is 5.75 Å². The van der Waals surface area contributed by atoms with Crippen LogP contribution >= 0.6 is 0 Å². The number of aryl methyl sites for hydroxylation is 1. The van der Waals surface area contributed by atoms with Crippen molar-refractivity contribution in [2.24, 2.45) is 4.99 Å². The Labute approximate surface area is 106 Å². The van der Waals surface area contributed by atoms with Crippen LogP contribution in [0.2, 0.25) is 0 Å². The Kier molecular flexibility index (Phi) is 5.07. The number of aromatic hydroxyl groups is 1. The van der Waals surface area contributed by atoms with Gasteiger partial charge in [-0.2, -0.15) is 0 Å². The molecule has 18 heavy (non-hydrogen) atoms. The Morgan fingerprint density at radius 2 is 2.11 bits per heavy atom. The minimum atomic E-state index is -2.70. The van der Waals surface area contributed by atoms with Crippen molar-refractivity contribution in [3.63, 3.8) is 0 Å². The van der Waals surface area contributed by atoms with Crippen molar-refractivity contribution in [2.75, 3.05) is 13.6 Å². The van der Waals surface area contributed by atoms with Gasteiger partial charge < -0.3 is 10.0 Å². The molecule has 1 aromatic rings. The first-order chi connectivity index (χ1) is 8.45. The molecule has 0 fully saturated rings. The zero-order chi connectivity index (χ0) is 13.7. The summed E-state index contributed by atoms with van der Waals surface area (Å²) >= 11 is 0. The first-order valence-electron chi connectivity index (χ1n) is 5.81. The summed E-state index contributed by atoms with van der Waals surface area (Å²) in [6.07, 6.45) is -0.106. The average molecular weight is 256 g/mol. The molecule has 0 saturated heterocycles. The lowest BCUT2D eigenvalue weighted by Gasteiger charge is -2.12. The lowest BCUT2D eigenvalue weighted by atomic mass is 10.1. The lowest BCUT2D eigenvalue weighted by molar-refractivity contribution is 0.147. The predicted octanol–water partition coefficient (Wildman–Crippen LogP) is 3.64. The van der Waals surface area contributed by atoms with E-state index in [0.717, 1.165) is 13.0 Å². The molecule has 0 spiro atoms. The summed E-state index contributed by atoms with van der Waals surface area (Å²) in [4.78, 5) is 6.05. The number of aliphatic imine (C=N–C) groups is 1. The standard InChI is InChI=1S/C13H18F2N2O/c1-4-5-17(3)8-16-11-7-10(13(14)15)12(18)6-9(11)2/h6-8,13,18H,4-5H2,1-3H3. The Bertz CT molecular complexity index is 433. The highest BCUT2D eigenvalue weighted by Gasteiger charge is 2.14. The number of hydrogen-bond donors (Lipinski definition) is 1. The number of halogens is 2. The van der Waals surface area contributed by atoms with Crippen molar-refractivity contribution in [2.45, 2.75) is 26.7 Å². The van der Waals surface area contributed by atoms with Gasteiger partial charge in [0.15, 0.2) is 0 Å². The molecular weight excluding hydrogens is 238 g/mol. The second-order valence-corrected chi connectivity index (χ2v) is 4.22. The van der Waals surface area contributed by atoms with E-state index in [0.29, 0.717) is 11.3 Å². The maximum absolute atomic E-state index is 12.6. The molecule has 1 rings (SSSR count). The van der Waals surface area contributed by atoms with Gasteiger partial charge in [-0.25, -0.2) is 13.8 Å². The molecule has 100 valence electrons. The van der Waals surface area contributed by atoms with Gasteiger partial charge in [0, 0.05) is 13.6 Å². The minimum Gasteiger partial charge on any atom is -0.507 e. The SMILES string of the molecule is CCCN(C)C=Nc1cc(C(F)F)c(O)cc1C. The molecule has 1 aromatic carbocycles. The van der Waals surface area contributed by atoms with E-state index in [9.17, 15) is 13.9 Å². The molecule has 0 unspecified atom stereocenters. The van der Waals surface area contributed by atoms with Gasteiger partial charge in [-0.3, -0.25) is 0 Å². The Balaban J connectivity index is 2.98. The highest BCUT2D eigenvalue weighted by Crippen LogP contribution is 2.34. The normalized spacial score (nSPS) is 11.4. The van der Waals surface area contributed by atoms with Gasteiger partial charge in [-0.05, 0) is 31.0 Å². The molecule has 0 radical (unpaired) electrons. The number of alkyl halides is 2. The fourth-order valence-corrected chi connectivity index (χ4v) is 1.58. The molecule has 0 saturated carbocycles. The van der Waals surface area contributed by atoms with Crippen LogP contribution in [0.4, 0.5) is 14.5 Å². The number of benzene rings is 1. The van der Waals surface area contributed by atoms with Crippen LogP contribution < -0.4 is 0 Å². The van der Waals surface area contributed by atoms with Gasteiger partial charge in [-0.1, -0.05) is 6.92 Å². The largest absolute Gasteiger partial charge is 0.507 e. The van der Waals surface area contributed by atoms with Crippen molar-refractivity contribution >= 4 is 12.0 Å². The molecule has 0 atom stereocenters. The summed E-state index contributed by atoms with van der Waals surface area (Å²) in [5.41, 5.74) is 0.731. The molecule has 0 heterocycles. The van der Waals surface area contributed by atoms with Gasteiger partial charge >= 0.3 is 0 Å². The van der Waals surface area contributed by atoms with Crippen molar-refractivity contribution in [1.29, 1.82) is 0 Å². The van der Waals surface area contributed by atoms with Crippen LogP contribution in [-0.2, 0) is 0 Å². The smallest absolute Gasteiger partial charge is 0.267 e. The first-order valence-corrected chi connectivity index (χ1v) is 5.81. The van der Waals surface area contributed by atoms with Crippen molar-refractivity contribution in [3.8, 4) is 5.75 Å². The topological polar surface area (TPSA) is 35.8 Å². The molecule has 3 nitrogen and oxygen atoms in total. The molecule has 0 aliphatic heterocycles. The molecule has 0 bridgehead atoms. The number of hydrogen-bond acceptors (Lipinski definition) is 2. The van der Waals surface area contributed by atoms with Crippen LogP contribution in [-0.4, -0.2) is 29.9 Å². The van der Waals surface area contributed by atoms with Crippen LogP contribution in [0.1, 0.15) is 30.9 Å². The maximum Gasteiger partial charge on any atom is 0.267 e. The lowest BCUT2D eigenvalue weighted by Crippen LogP contribution is -2.16. The summed E-state index contributed by atoms with van der Waals surface area (Å²) in [5, 5.41) is 9.41. The zero-order valence-corrected chi connectivity index (χ0v) is 10.8. The molecule has 0 amide bonds. The van der Waals surface area contributed by atoms with Gasteiger partial charge in [0.05, 0.1) is 17.6 Å². The first kappa shape index (κ1) is 14.4. The Morgan fingerprint density at radius 3 is 2.67 bits per heavy atom. The van der Waals surface area contributed by atoms with Crippen molar-refractivity contribution in [3.05, 3.63) is 23.3 Å². The Morgan fingerprint density at radius 1 is 1.44 bits per heavy atom. The van der Waals surface area contributed by atoms with Gasteiger partial charge in [-0.15, -0.1) is 0 Å². The van der Waals surface area contributed by atoms with E-state index in [1.807, 2.05) is 18.9 Å². The van der Waals surface area contributed by atoms with E-state index >= 15 is 0 Å². The molecule has 1 N–H and O–H groups in total. The van der Waals surface area contributed by atoms with Crippen LogP contribution in [0.15, 0.2) is 17.1 Å². The predicted molar refractivity (Wildman–Crippen MR) is 68.9 cm³/mol. The summed E-state index contributed by atoms with van der Waals surface area (Å²) in [5.74, 6) is -0.386. The number of phenols is 1. The summed E-state index contributed by atoms with van der Waals surface area (Å²) in [6.45, 7) is 4.62. The second-order valence-electron chi connectivity index (χ2n) is 4.22. The number of rotatable bonds is 5. The van der Waals surface area contributed by atoms with E-state index < -0.39 is 6.43 Å². The van der Waals surface area contributed by atoms with E-state index in [1.165, 1.54) is 12.1 Å². The van der Waals surface area contributed by atoms with E-state index in [2.05, 4.69) is 4.99 Å². The summed E-state index contributed by atoms with van der Waals surface area (Å²) in [6, 6.07) is 2.54. The zero-order valence-electron chi connectivity index (χ0n) is 10.8. The van der Waals surface area contributed by atoms with Crippen LogP contribution in [0, 0.1) is 6.92 Å². The van der Waals surface area contributed by atoms with Gasteiger partial charge in [0.25, 0.3) is 6.43 Å². The third kappa shape index (κ3) is 3.68. The highest BCUT2D eigenvalue weighted by atomic mass is 19.3. The highest BCUT2D eigenvalue weighted by molar-refractivity contribution is 5.64. The van der Waals surface area contributed by atoms with Crippen molar-refractivity contribution < 1.29 is 13.9 Å². The average Bonchev–Trinajstić information content (AvgIpc) is 2.27. The van der Waals surface area contributed by atoms with Crippen molar-refractivity contribution in [1.82, 2.24) is 4.90 Å². The number of nitrogens with zero attached hydrogens (tertiary/aromatic N) is 2. The van der Waals surface area contributed by atoms with E-state index in [4.69, 9.17) is 0 Å². The maximum atomic E-state index is 12.6. The van der Waals surface area contributed by atoms with Gasteiger partial charge in [0.2, 0.25) is 0 Å². The molecule has 0 aliphatic carbocycles. The molecule has 0 aromatic heterocycles. The fraction of sp³-hybridized carbons (Fsp3) is 0.462. The van der Waals surface area contributed by atoms with Crippen LogP contribution in [0.5, 0.6) is 5.75 Å². The summed E-state index contributed by atoms with van der Waals surface area (Å²) in [7, 11) is 1.87. The monoisotopic (exact) mass is 256 g/mol. The molecule has 5 heteroatoms. The Hall–Kier alpha value is -1.65. The fourth-order valence-electron chi connectivity index (χ4n) is 1.58. The summed E-state index contributed by atoms with van der Waals surface area (Å²) < 4.78 is 25.3. The minimum absolute atomic E-state index is 0.383.